The summed E-state index contributed by atoms with van der Waals surface area (Å²) in [5.41, 5.74) is 1.08. The Morgan fingerprint density at radius 3 is 2.61 bits per heavy atom. The zero-order valence-electron chi connectivity index (χ0n) is 19.4. The lowest BCUT2D eigenvalue weighted by Gasteiger charge is -2.23. The number of anilines is 1. The van der Waals surface area contributed by atoms with Crippen LogP contribution in [0.4, 0.5) is 14.7 Å². The zero-order valence-corrected chi connectivity index (χ0v) is 20.1. The van der Waals surface area contributed by atoms with Gasteiger partial charge < -0.3 is 14.6 Å². The SMILES string of the molecule is Cn1cc([C@@H](c2ccc(Cl)c(F)c2)n2ccc(-c3nc(NC4CCOCC4)ncc3F)cc2=O)cn1. The van der Waals surface area contributed by atoms with Gasteiger partial charge in [-0.1, -0.05) is 17.7 Å². The van der Waals surface area contributed by atoms with Crippen molar-refractivity contribution >= 4 is 17.5 Å². The molecule has 11 heteroatoms. The minimum Gasteiger partial charge on any atom is -0.381 e. The van der Waals surface area contributed by atoms with Gasteiger partial charge in [0.25, 0.3) is 5.56 Å². The van der Waals surface area contributed by atoms with Crippen molar-refractivity contribution < 1.29 is 13.5 Å². The predicted molar refractivity (Wildman–Crippen MR) is 131 cm³/mol. The van der Waals surface area contributed by atoms with E-state index in [1.165, 1.54) is 29.0 Å². The minimum absolute atomic E-state index is 0.0132. The fourth-order valence-electron chi connectivity index (χ4n) is 4.29. The minimum atomic E-state index is -0.673. The number of hydrogen-bond donors (Lipinski definition) is 1. The van der Waals surface area contributed by atoms with Gasteiger partial charge in [0, 0.05) is 55.9 Å². The Balaban J connectivity index is 1.51. The summed E-state index contributed by atoms with van der Waals surface area (Å²) in [6.07, 6.45) is 7.57. The highest BCUT2D eigenvalue weighted by atomic mass is 35.5. The smallest absolute Gasteiger partial charge is 0.252 e. The Morgan fingerprint density at radius 2 is 1.92 bits per heavy atom. The number of aryl methyl sites for hydroxylation is 1. The number of ether oxygens (including phenoxy) is 1. The molecule has 1 aliphatic rings. The third kappa shape index (κ3) is 5.00. The molecule has 1 aromatic carbocycles. The van der Waals surface area contributed by atoms with Crippen molar-refractivity contribution in [3.05, 3.63) is 93.3 Å². The van der Waals surface area contributed by atoms with E-state index in [2.05, 4.69) is 20.4 Å². The molecule has 4 aromatic rings. The number of hydrogen-bond acceptors (Lipinski definition) is 6. The summed E-state index contributed by atoms with van der Waals surface area (Å²) in [5.74, 6) is -0.957. The van der Waals surface area contributed by atoms with Crippen LogP contribution in [0, 0.1) is 11.6 Å². The Labute approximate surface area is 210 Å². The van der Waals surface area contributed by atoms with Crippen molar-refractivity contribution in [2.45, 2.75) is 24.9 Å². The van der Waals surface area contributed by atoms with Crippen molar-refractivity contribution in [3.8, 4) is 11.3 Å². The number of nitrogens with zero attached hydrogens (tertiary/aromatic N) is 5. The quantitative estimate of drug-likeness (QED) is 0.417. The van der Waals surface area contributed by atoms with E-state index < -0.39 is 23.2 Å². The van der Waals surface area contributed by atoms with E-state index in [4.69, 9.17) is 16.3 Å². The van der Waals surface area contributed by atoms with Gasteiger partial charge in [-0.05, 0) is 36.6 Å². The molecule has 3 aromatic heterocycles. The van der Waals surface area contributed by atoms with Crippen LogP contribution in [-0.4, -0.2) is 43.6 Å². The number of halogens is 3. The fraction of sp³-hybridized carbons (Fsp3) is 0.280. The molecule has 1 saturated heterocycles. The normalized spacial score (nSPS) is 15.1. The van der Waals surface area contributed by atoms with Gasteiger partial charge in [0.1, 0.15) is 11.5 Å². The summed E-state index contributed by atoms with van der Waals surface area (Å²) >= 11 is 5.87. The van der Waals surface area contributed by atoms with Gasteiger partial charge in [0.05, 0.1) is 23.5 Å². The number of benzene rings is 1. The summed E-state index contributed by atoms with van der Waals surface area (Å²) in [6.45, 7) is 1.28. The second-order valence-electron chi connectivity index (χ2n) is 8.61. The van der Waals surface area contributed by atoms with Crippen LogP contribution in [0.15, 0.2) is 59.9 Å². The molecule has 0 radical (unpaired) electrons. The van der Waals surface area contributed by atoms with Crippen molar-refractivity contribution in [2.24, 2.45) is 7.05 Å². The van der Waals surface area contributed by atoms with E-state index in [0.29, 0.717) is 29.9 Å². The van der Waals surface area contributed by atoms with Gasteiger partial charge in [-0.3, -0.25) is 9.48 Å². The fourth-order valence-corrected chi connectivity index (χ4v) is 4.41. The van der Waals surface area contributed by atoms with E-state index in [1.54, 1.807) is 36.3 Å². The average molecular weight is 513 g/mol. The van der Waals surface area contributed by atoms with Crippen LogP contribution in [0.1, 0.15) is 30.0 Å². The van der Waals surface area contributed by atoms with Crippen molar-refractivity contribution in [3.63, 3.8) is 0 Å². The van der Waals surface area contributed by atoms with Crippen LogP contribution in [-0.2, 0) is 11.8 Å². The molecule has 0 unspecified atom stereocenters. The van der Waals surface area contributed by atoms with E-state index in [9.17, 15) is 13.6 Å². The number of nitrogens with one attached hydrogen (secondary N) is 1. The van der Waals surface area contributed by atoms with Crippen molar-refractivity contribution in [1.82, 2.24) is 24.3 Å². The van der Waals surface area contributed by atoms with Crippen LogP contribution in [0.2, 0.25) is 5.02 Å². The van der Waals surface area contributed by atoms with Gasteiger partial charge in [-0.25, -0.2) is 18.7 Å². The van der Waals surface area contributed by atoms with Crippen LogP contribution in [0.25, 0.3) is 11.3 Å². The third-order valence-corrected chi connectivity index (χ3v) is 6.40. The van der Waals surface area contributed by atoms with E-state index >= 15 is 0 Å². The van der Waals surface area contributed by atoms with Gasteiger partial charge in [0.2, 0.25) is 5.95 Å². The summed E-state index contributed by atoms with van der Waals surface area (Å²) in [7, 11) is 1.75. The molecule has 0 bridgehead atoms. The Bertz CT molecular complexity index is 1450. The summed E-state index contributed by atoms with van der Waals surface area (Å²) in [6, 6.07) is 6.75. The number of rotatable bonds is 6. The van der Waals surface area contributed by atoms with Crippen molar-refractivity contribution in [1.29, 1.82) is 0 Å². The number of pyridine rings is 1. The average Bonchev–Trinajstić information content (AvgIpc) is 3.30. The Morgan fingerprint density at radius 1 is 1.11 bits per heavy atom. The Kier molecular flexibility index (Phi) is 6.80. The largest absolute Gasteiger partial charge is 0.381 e. The molecule has 0 spiro atoms. The molecular formula is C25H23ClF2N6O2. The first-order valence-electron chi connectivity index (χ1n) is 11.4. The predicted octanol–water partition coefficient (Wildman–Crippen LogP) is 4.20. The second-order valence-corrected chi connectivity index (χ2v) is 9.01. The van der Waals surface area contributed by atoms with E-state index in [1.807, 2.05) is 0 Å². The molecule has 1 aliphatic heterocycles. The lowest BCUT2D eigenvalue weighted by Crippen LogP contribution is -2.28. The molecule has 36 heavy (non-hydrogen) atoms. The molecule has 4 heterocycles. The molecule has 0 aliphatic carbocycles. The highest BCUT2D eigenvalue weighted by Crippen LogP contribution is 2.29. The highest BCUT2D eigenvalue weighted by Gasteiger charge is 2.22. The highest BCUT2D eigenvalue weighted by molar-refractivity contribution is 6.30. The maximum Gasteiger partial charge on any atom is 0.252 e. The molecule has 186 valence electrons. The number of aromatic nitrogens is 5. The molecule has 0 saturated carbocycles. The molecule has 1 atom stereocenters. The molecule has 5 rings (SSSR count). The topological polar surface area (TPSA) is 86.9 Å². The first-order chi connectivity index (χ1) is 17.4. The first kappa shape index (κ1) is 24.1. The van der Waals surface area contributed by atoms with E-state index in [0.717, 1.165) is 19.0 Å². The lowest BCUT2D eigenvalue weighted by molar-refractivity contribution is 0.0903. The van der Waals surface area contributed by atoms with Crippen molar-refractivity contribution in [2.75, 3.05) is 18.5 Å². The summed E-state index contributed by atoms with van der Waals surface area (Å²) < 4.78 is 37.4. The molecular weight excluding hydrogens is 490 g/mol. The molecule has 1 N–H and O–H groups in total. The molecule has 0 amide bonds. The third-order valence-electron chi connectivity index (χ3n) is 6.10. The standard InChI is InChI=1S/C25H23ClF2N6O2/c1-33-14-17(12-30-33)24(16-2-3-19(26)20(27)10-16)34-7-4-15(11-22(34)35)23-21(28)13-29-25(32-23)31-18-5-8-36-9-6-18/h2-4,7,10-14,18,24H,5-6,8-9H2,1H3,(H,29,31,32)/t24-/m1/s1. The van der Waals surface area contributed by atoms with Gasteiger partial charge in [0.15, 0.2) is 5.82 Å². The molecule has 8 nitrogen and oxygen atoms in total. The van der Waals surface area contributed by atoms with Crippen LogP contribution in [0.3, 0.4) is 0 Å². The lowest BCUT2D eigenvalue weighted by atomic mass is 10.0. The summed E-state index contributed by atoms with van der Waals surface area (Å²) in [5, 5.41) is 7.38. The molecule has 1 fully saturated rings. The second kappa shape index (κ2) is 10.2. The van der Waals surface area contributed by atoms with Gasteiger partial charge >= 0.3 is 0 Å². The van der Waals surface area contributed by atoms with Crippen LogP contribution in [0.5, 0.6) is 0 Å². The first-order valence-corrected chi connectivity index (χ1v) is 11.8. The van der Waals surface area contributed by atoms with Gasteiger partial charge in [-0.15, -0.1) is 0 Å². The zero-order chi connectivity index (χ0) is 25.2. The van der Waals surface area contributed by atoms with Crippen LogP contribution >= 0.6 is 11.6 Å². The maximum atomic E-state index is 14.7. The van der Waals surface area contributed by atoms with Crippen LogP contribution < -0.4 is 10.9 Å². The summed E-state index contributed by atoms with van der Waals surface area (Å²) in [4.78, 5) is 21.7. The maximum absolute atomic E-state index is 14.7. The van der Waals surface area contributed by atoms with E-state index in [-0.39, 0.29) is 22.7 Å². The van der Waals surface area contributed by atoms with Gasteiger partial charge in [-0.2, -0.15) is 5.10 Å². The Hall–Kier alpha value is -3.63. The monoisotopic (exact) mass is 512 g/mol.